The maximum absolute atomic E-state index is 13.4. The number of rotatable bonds is 9. The molecule has 268 valence electrons. The first-order valence-corrected chi connectivity index (χ1v) is 21.5. The van der Waals surface area contributed by atoms with Gasteiger partial charge in [-0.05, 0) is 120 Å². The van der Waals surface area contributed by atoms with Gasteiger partial charge in [-0.25, -0.2) is 0 Å². The molecule has 0 radical (unpaired) electrons. The van der Waals surface area contributed by atoms with Gasteiger partial charge in [-0.3, -0.25) is 14.4 Å². The number of halogens is 1. The Balaban J connectivity index is 2.05. The van der Waals surface area contributed by atoms with E-state index in [9.17, 15) is 14.4 Å². The number of ether oxygens (including phenoxy) is 5. The molecule has 0 amide bonds. The van der Waals surface area contributed by atoms with Crippen molar-refractivity contribution in [3.05, 3.63) is 21.9 Å². The lowest BCUT2D eigenvalue weighted by Gasteiger charge is -2.45. The molecule has 0 spiro atoms. The number of hydrogen-bond acceptors (Lipinski definition) is 10. The van der Waals surface area contributed by atoms with Crippen molar-refractivity contribution in [2.45, 2.75) is 139 Å². The first-order chi connectivity index (χ1) is 21.6. The van der Waals surface area contributed by atoms with Gasteiger partial charge < -0.3 is 28.2 Å². The Morgan fingerprint density at radius 2 is 1.30 bits per heavy atom. The van der Waals surface area contributed by atoms with Gasteiger partial charge in [-0.1, -0.05) is 27.7 Å². The zero-order valence-corrected chi connectivity index (χ0v) is 34.3. The highest BCUT2D eigenvalue weighted by molar-refractivity contribution is 14.2. The third kappa shape index (κ3) is 9.90. The second-order valence-corrected chi connectivity index (χ2v) is 18.9. The van der Waals surface area contributed by atoms with Crippen molar-refractivity contribution in [2.24, 2.45) is 34.0 Å². The van der Waals surface area contributed by atoms with Crippen LogP contribution in [0.4, 0.5) is 0 Å². The van der Waals surface area contributed by atoms with Gasteiger partial charge in [0, 0.05) is 10.8 Å². The van der Waals surface area contributed by atoms with Crippen LogP contribution in [0.5, 0.6) is 0 Å². The van der Waals surface area contributed by atoms with Gasteiger partial charge in [-0.15, -0.1) is 11.3 Å². The summed E-state index contributed by atoms with van der Waals surface area (Å²) in [6.07, 6.45) is -2.59. The normalized spacial score (nSPS) is 32.3. The SMILES string of the molecule is CC[C@H]1O[C@H](c2cc([C@H]3O[C@H](COC(=O)C(C)(C)C)[C@@H](OC(=O)C(C)(C)C)[C@H](OC(=O)C(C)(C)C)[C@@H]3C)cs2)[C@@H](OPI)[C@@H](C)[C@@H]1C. The van der Waals surface area contributed by atoms with E-state index in [4.69, 9.17) is 28.2 Å². The Morgan fingerprint density at radius 1 is 0.766 bits per heavy atom. The fraction of sp³-hybridized carbons (Fsp3) is 0.800. The first kappa shape index (κ1) is 40.6. The molecule has 0 aliphatic carbocycles. The van der Waals surface area contributed by atoms with Crippen LogP contribution in [-0.4, -0.2) is 55.0 Å². The maximum Gasteiger partial charge on any atom is 0.311 e. The molecule has 0 aromatic carbocycles. The van der Waals surface area contributed by atoms with E-state index in [1.54, 1.807) is 73.7 Å². The molecule has 2 aliphatic heterocycles. The Labute approximate surface area is 300 Å². The first-order valence-electron chi connectivity index (χ1n) is 16.6. The highest BCUT2D eigenvalue weighted by atomic mass is 127. The maximum atomic E-state index is 13.4. The third-order valence-corrected chi connectivity index (χ3v) is 11.2. The van der Waals surface area contributed by atoms with E-state index in [0.29, 0.717) is 18.3 Å². The third-order valence-electron chi connectivity index (χ3n) is 9.10. The largest absolute Gasteiger partial charge is 0.462 e. The van der Waals surface area contributed by atoms with Crippen LogP contribution in [0.2, 0.25) is 0 Å². The van der Waals surface area contributed by atoms with Crippen molar-refractivity contribution in [1.29, 1.82) is 0 Å². The van der Waals surface area contributed by atoms with Gasteiger partial charge in [0.2, 0.25) is 0 Å². The van der Waals surface area contributed by atoms with E-state index in [-0.39, 0.29) is 24.9 Å². The van der Waals surface area contributed by atoms with Crippen molar-refractivity contribution >= 4 is 57.7 Å². The van der Waals surface area contributed by atoms with E-state index in [1.807, 2.05) is 6.92 Å². The predicted octanol–water partition coefficient (Wildman–Crippen LogP) is 8.78. The van der Waals surface area contributed by atoms with E-state index in [2.05, 4.69) is 54.3 Å². The molecule has 1 aromatic heterocycles. The van der Waals surface area contributed by atoms with Crippen molar-refractivity contribution in [2.75, 3.05) is 6.61 Å². The monoisotopic (exact) mass is 810 g/mol. The Hall–Kier alpha value is -0.850. The average molecular weight is 811 g/mol. The molecule has 2 fully saturated rings. The molecule has 9 nitrogen and oxygen atoms in total. The van der Waals surface area contributed by atoms with Gasteiger partial charge in [0.05, 0.1) is 41.0 Å². The van der Waals surface area contributed by atoms with Gasteiger partial charge in [0.25, 0.3) is 0 Å². The second kappa shape index (κ2) is 16.0. The van der Waals surface area contributed by atoms with Crippen molar-refractivity contribution < 1.29 is 42.6 Å². The lowest BCUT2D eigenvalue weighted by atomic mass is 9.80. The fourth-order valence-corrected chi connectivity index (χ4v) is 8.09. The Bertz CT molecular complexity index is 1230. The Kier molecular flexibility index (Phi) is 13.8. The highest BCUT2D eigenvalue weighted by Crippen LogP contribution is 2.48. The molecule has 1 unspecified atom stereocenters. The molecule has 1 aromatic rings. The van der Waals surface area contributed by atoms with E-state index < -0.39 is 64.5 Å². The number of carbonyl (C=O) groups excluding carboxylic acids is 3. The molecule has 2 saturated heterocycles. The van der Waals surface area contributed by atoms with Crippen LogP contribution in [0, 0.1) is 34.0 Å². The van der Waals surface area contributed by atoms with E-state index >= 15 is 0 Å². The summed E-state index contributed by atoms with van der Waals surface area (Å²) in [5, 5.41) is 2.05. The molecule has 11 atom stereocenters. The smallest absolute Gasteiger partial charge is 0.311 e. The molecule has 0 N–H and O–H groups in total. The summed E-state index contributed by atoms with van der Waals surface area (Å²) in [6, 6.07) is 2.10. The summed E-state index contributed by atoms with van der Waals surface area (Å²) < 4.78 is 37.7. The molecular formula is C35H56IO9PS. The zero-order valence-electron chi connectivity index (χ0n) is 30.3. The van der Waals surface area contributed by atoms with Gasteiger partial charge in [-0.2, -0.15) is 0 Å². The van der Waals surface area contributed by atoms with Crippen LogP contribution in [0.1, 0.15) is 119 Å². The van der Waals surface area contributed by atoms with Crippen LogP contribution >= 0.6 is 39.8 Å². The van der Waals surface area contributed by atoms with Gasteiger partial charge >= 0.3 is 17.9 Å². The van der Waals surface area contributed by atoms with Crippen LogP contribution in [0.15, 0.2) is 11.4 Å². The topological polar surface area (TPSA) is 107 Å². The number of carbonyl (C=O) groups is 3. The molecular weight excluding hydrogens is 754 g/mol. The molecule has 0 saturated carbocycles. The van der Waals surface area contributed by atoms with Crippen LogP contribution in [0.25, 0.3) is 0 Å². The summed E-state index contributed by atoms with van der Waals surface area (Å²) in [5.74, 6) is -1.05. The van der Waals surface area contributed by atoms with Gasteiger partial charge in [0.15, 0.2) is 6.10 Å². The summed E-state index contributed by atoms with van der Waals surface area (Å²) >= 11 is 3.86. The summed E-state index contributed by atoms with van der Waals surface area (Å²) in [4.78, 5) is 40.5. The van der Waals surface area contributed by atoms with E-state index in [0.717, 1.165) is 16.9 Å². The van der Waals surface area contributed by atoms with Crippen molar-refractivity contribution in [3.63, 3.8) is 0 Å². The minimum Gasteiger partial charge on any atom is -0.462 e. The number of hydrogen-bond donors (Lipinski definition) is 0. The standard InChI is InChI=1S/C35H56IO9PS/c1-14-22-18(2)19(3)27(45-46-36)29(41-22)24-15-21(17-47-24)25-20(4)26(43-31(38)34(8,9)10)28(44-32(39)35(11,12)13)23(42-25)16-40-30(37)33(5,6)7/h15,17-20,22-23,25-29,46H,14,16H2,1-13H3/t18-,19-,20+,22+,23+,25-,26+,27-,28+,29+/m0/s1. The fourth-order valence-electron chi connectivity index (χ4n) is 5.77. The minimum atomic E-state index is -0.998. The molecule has 3 rings (SSSR count). The summed E-state index contributed by atoms with van der Waals surface area (Å²) in [5.41, 5.74) is -1.48. The minimum absolute atomic E-state index is 0.0922. The zero-order chi connectivity index (χ0) is 35.6. The lowest BCUT2D eigenvalue weighted by molar-refractivity contribution is -0.240. The molecule has 0 bridgehead atoms. The highest BCUT2D eigenvalue weighted by Gasteiger charge is 2.51. The Morgan fingerprint density at radius 3 is 1.81 bits per heavy atom. The molecule has 3 heterocycles. The number of thiophene rings is 1. The molecule has 47 heavy (non-hydrogen) atoms. The van der Waals surface area contributed by atoms with Crippen LogP contribution in [0.3, 0.4) is 0 Å². The quantitative estimate of drug-likeness (QED) is 0.105. The van der Waals surface area contributed by atoms with Crippen molar-refractivity contribution in [3.8, 4) is 0 Å². The summed E-state index contributed by atoms with van der Waals surface area (Å²) in [7, 11) is 0. The number of esters is 3. The van der Waals surface area contributed by atoms with Crippen molar-refractivity contribution in [1.82, 2.24) is 0 Å². The predicted molar refractivity (Wildman–Crippen MR) is 194 cm³/mol. The lowest BCUT2D eigenvalue weighted by Crippen LogP contribution is -2.57. The summed E-state index contributed by atoms with van der Waals surface area (Å²) in [6.45, 7) is 24.6. The van der Waals surface area contributed by atoms with E-state index in [1.165, 1.54) is 0 Å². The average Bonchev–Trinajstić information content (AvgIpc) is 3.45. The second-order valence-electron chi connectivity index (χ2n) is 16.2. The van der Waals surface area contributed by atoms with Crippen LogP contribution < -0.4 is 0 Å². The van der Waals surface area contributed by atoms with Gasteiger partial charge in [0.1, 0.15) is 24.9 Å². The van der Waals surface area contributed by atoms with Crippen LogP contribution in [-0.2, 0) is 42.6 Å². The molecule has 12 heteroatoms. The molecule has 2 aliphatic rings.